The van der Waals surface area contributed by atoms with Gasteiger partial charge in [0.2, 0.25) is 0 Å². The number of rotatable bonds is 3. The summed E-state index contributed by atoms with van der Waals surface area (Å²) >= 11 is 0. The highest BCUT2D eigenvalue weighted by molar-refractivity contribution is 5.47. The van der Waals surface area contributed by atoms with E-state index in [1.54, 1.807) is 0 Å². The molecule has 98 valence electrons. The van der Waals surface area contributed by atoms with Crippen molar-refractivity contribution in [3.63, 3.8) is 0 Å². The van der Waals surface area contributed by atoms with Gasteiger partial charge in [-0.3, -0.25) is 4.90 Å². The van der Waals surface area contributed by atoms with Gasteiger partial charge in [0.15, 0.2) is 0 Å². The van der Waals surface area contributed by atoms with Gasteiger partial charge < -0.3 is 5.32 Å². The molecule has 2 heterocycles. The molecule has 0 bridgehead atoms. The van der Waals surface area contributed by atoms with Gasteiger partial charge >= 0.3 is 0 Å². The van der Waals surface area contributed by atoms with E-state index in [9.17, 15) is 0 Å². The lowest BCUT2D eigenvalue weighted by Gasteiger charge is -2.22. The fraction of sp³-hybridized carbons (Fsp3) is 0.625. The first-order valence-corrected chi connectivity index (χ1v) is 7.34. The van der Waals surface area contributed by atoms with Crippen LogP contribution >= 0.6 is 0 Å². The number of hydrogen-bond donors (Lipinski definition) is 1. The molecule has 2 heteroatoms. The van der Waals surface area contributed by atoms with E-state index in [0.717, 1.165) is 6.04 Å². The maximum Gasteiger partial charge on any atom is 0.0429 e. The molecular weight excluding hydrogens is 220 g/mol. The van der Waals surface area contributed by atoms with Crippen molar-refractivity contribution in [2.75, 3.05) is 18.4 Å². The van der Waals surface area contributed by atoms with Crippen LogP contribution in [-0.2, 0) is 0 Å². The first kappa shape index (κ1) is 12.0. The summed E-state index contributed by atoms with van der Waals surface area (Å²) < 4.78 is 0. The monoisotopic (exact) mass is 244 g/mol. The van der Waals surface area contributed by atoms with Crippen LogP contribution in [0, 0.1) is 0 Å². The van der Waals surface area contributed by atoms with Gasteiger partial charge in [-0.2, -0.15) is 0 Å². The van der Waals surface area contributed by atoms with E-state index in [1.807, 2.05) is 0 Å². The highest BCUT2D eigenvalue weighted by Gasteiger charge is 2.36. The molecule has 18 heavy (non-hydrogen) atoms. The molecule has 2 unspecified atom stereocenters. The second-order valence-electron chi connectivity index (χ2n) is 6.07. The molecule has 2 nitrogen and oxygen atoms in total. The zero-order valence-electron chi connectivity index (χ0n) is 11.5. The number of fused-ring (bicyclic) bond motifs is 1. The minimum Gasteiger partial charge on any atom is -0.381 e. The molecule has 2 saturated heterocycles. The molecule has 1 N–H and O–H groups in total. The summed E-state index contributed by atoms with van der Waals surface area (Å²) in [5.41, 5.74) is 2.74. The fourth-order valence-electron chi connectivity index (χ4n) is 3.45. The minimum atomic E-state index is 0.610. The Morgan fingerprint density at radius 3 is 2.94 bits per heavy atom. The number of benzene rings is 1. The molecule has 2 atom stereocenters. The van der Waals surface area contributed by atoms with Crippen LogP contribution in [0.3, 0.4) is 0 Å². The predicted octanol–water partition coefficient (Wildman–Crippen LogP) is 3.46. The van der Waals surface area contributed by atoms with Crippen LogP contribution < -0.4 is 5.32 Å². The first-order valence-electron chi connectivity index (χ1n) is 7.34. The van der Waals surface area contributed by atoms with E-state index in [1.165, 1.54) is 43.6 Å². The van der Waals surface area contributed by atoms with Crippen molar-refractivity contribution in [3.8, 4) is 0 Å². The lowest BCUT2D eigenvalue weighted by Crippen LogP contribution is -2.33. The Morgan fingerprint density at radius 1 is 1.22 bits per heavy atom. The summed E-state index contributed by atoms with van der Waals surface area (Å²) in [7, 11) is 0. The maximum absolute atomic E-state index is 3.77. The van der Waals surface area contributed by atoms with Crippen molar-refractivity contribution in [3.05, 3.63) is 29.8 Å². The Kier molecular flexibility index (Phi) is 3.29. The van der Waals surface area contributed by atoms with Gasteiger partial charge in [-0.25, -0.2) is 0 Å². The van der Waals surface area contributed by atoms with Crippen LogP contribution in [-0.4, -0.2) is 30.1 Å². The van der Waals surface area contributed by atoms with Crippen molar-refractivity contribution in [2.45, 2.75) is 51.1 Å². The highest BCUT2D eigenvalue weighted by atomic mass is 15.2. The molecule has 2 aliphatic rings. The smallest absolute Gasteiger partial charge is 0.0429 e. The zero-order chi connectivity index (χ0) is 12.5. The standard InChI is InChI=1S/C16H24N2/c1-12(2)13-5-3-6-14(11-13)17-15-8-10-18-9-4-7-16(15)18/h3,5-6,11-12,15-17H,4,7-10H2,1-2H3. The van der Waals surface area contributed by atoms with Crippen LogP contribution in [0.25, 0.3) is 0 Å². The molecule has 2 aliphatic heterocycles. The number of nitrogens with one attached hydrogen (secondary N) is 1. The van der Waals surface area contributed by atoms with Gasteiger partial charge in [-0.15, -0.1) is 0 Å². The van der Waals surface area contributed by atoms with E-state index in [0.29, 0.717) is 12.0 Å². The SMILES string of the molecule is CC(C)c1cccc(NC2CCN3CCCC23)c1. The molecule has 3 rings (SSSR count). The van der Waals surface area contributed by atoms with E-state index in [-0.39, 0.29) is 0 Å². The lowest BCUT2D eigenvalue weighted by atomic mass is 10.0. The zero-order valence-corrected chi connectivity index (χ0v) is 11.5. The average molecular weight is 244 g/mol. The van der Waals surface area contributed by atoms with Crippen LogP contribution in [0.4, 0.5) is 5.69 Å². The molecule has 0 spiro atoms. The summed E-state index contributed by atoms with van der Waals surface area (Å²) in [6.45, 7) is 7.11. The molecule has 0 aliphatic carbocycles. The first-order chi connectivity index (χ1) is 8.74. The molecule has 0 amide bonds. The average Bonchev–Trinajstić information content (AvgIpc) is 2.94. The van der Waals surface area contributed by atoms with E-state index in [2.05, 4.69) is 48.3 Å². The summed E-state index contributed by atoms with van der Waals surface area (Å²) in [5.74, 6) is 0.610. The molecule has 0 aromatic heterocycles. The van der Waals surface area contributed by atoms with Gasteiger partial charge in [0, 0.05) is 24.3 Å². The summed E-state index contributed by atoms with van der Waals surface area (Å²) in [6.07, 6.45) is 4.06. The largest absolute Gasteiger partial charge is 0.381 e. The van der Waals surface area contributed by atoms with E-state index in [4.69, 9.17) is 0 Å². The fourth-order valence-corrected chi connectivity index (χ4v) is 3.45. The Morgan fingerprint density at radius 2 is 2.11 bits per heavy atom. The number of anilines is 1. The van der Waals surface area contributed by atoms with Crippen molar-refractivity contribution in [1.82, 2.24) is 4.90 Å². The summed E-state index contributed by atoms with van der Waals surface area (Å²) in [5, 5.41) is 3.77. The second-order valence-corrected chi connectivity index (χ2v) is 6.07. The summed E-state index contributed by atoms with van der Waals surface area (Å²) in [6, 6.07) is 10.4. The molecule has 1 aromatic rings. The Bertz CT molecular complexity index is 413. The van der Waals surface area contributed by atoms with Gasteiger partial charge in [-0.1, -0.05) is 26.0 Å². The van der Waals surface area contributed by atoms with Crippen LogP contribution in [0.1, 0.15) is 44.6 Å². The third-order valence-electron chi connectivity index (χ3n) is 4.51. The third kappa shape index (κ3) is 2.26. The van der Waals surface area contributed by atoms with E-state index < -0.39 is 0 Å². The quantitative estimate of drug-likeness (QED) is 0.876. The molecule has 0 radical (unpaired) electrons. The Labute approximate surface area is 110 Å². The van der Waals surface area contributed by atoms with Crippen molar-refractivity contribution < 1.29 is 0 Å². The molecule has 0 saturated carbocycles. The van der Waals surface area contributed by atoms with E-state index >= 15 is 0 Å². The van der Waals surface area contributed by atoms with Gasteiger partial charge in [0.05, 0.1) is 0 Å². The lowest BCUT2D eigenvalue weighted by molar-refractivity contribution is 0.318. The normalized spacial score (nSPS) is 27.7. The number of hydrogen-bond acceptors (Lipinski definition) is 2. The Hall–Kier alpha value is -1.02. The van der Waals surface area contributed by atoms with Crippen LogP contribution in [0.15, 0.2) is 24.3 Å². The molecule has 2 fully saturated rings. The van der Waals surface area contributed by atoms with Crippen LogP contribution in [0.2, 0.25) is 0 Å². The third-order valence-corrected chi connectivity index (χ3v) is 4.51. The number of nitrogens with zero attached hydrogens (tertiary/aromatic N) is 1. The van der Waals surface area contributed by atoms with Crippen molar-refractivity contribution in [1.29, 1.82) is 0 Å². The molecule has 1 aromatic carbocycles. The molecular formula is C16H24N2. The minimum absolute atomic E-state index is 0.610. The summed E-state index contributed by atoms with van der Waals surface area (Å²) in [4.78, 5) is 2.66. The predicted molar refractivity (Wildman–Crippen MR) is 77.2 cm³/mol. The van der Waals surface area contributed by atoms with Crippen LogP contribution in [0.5, 0.6) is 0 Å². The topological polar surface area (TPSA) is 15.3 Å². The Balaban J connectivity index is 1.71. The highest BCUT2D eigenvalue weighted by Crippen LogP contribution is 2.30. The second kappa shape index (κ2) is 4.93. The van der Waals surface area contributed by atoms with Crippen molar-refractivity contribution in [2.24, 2.45) is 0 Å². The van der Waals surface area contributed by atoms with Gasteiger partial charge in [0.1, 0.15) is 0 Å². The van der Waals surface area contributed by atoms with Gasteiger partial charge in [0.25, 0.3) is 0 Å². The maximum atomic E-state index is 3.77. The van der Waals surface area contributed by atoms with Gasteiger partial charge in [-0.05, 0) is 49.4 Å². The van der Waals surface area contributed by atoms with Crippen molar-refractivity contribution >= 4 is 5.69 Å².